The van der Waals surface area contributed by atoms with Gasteiger partial charge in [0.1, 0.15) is 5.60 Å². The summed E-state index contributed by atoms with van der Waals surface area (Å²) in [5.41, 5.74) is 6.13. The van der Waals surface area contributed by atoms with Crippen molar-refractivity contribution in [2.24, 2.45) is 5.73 Å². The number of carbonyl (C=O) groups is 1. The van der Waals surface area contributed by atoms with Crippen molar-refractivity contribution in [3.63, 3.8) is 0 Å². The van der Waals surface area contributed by atoms with Crippen LogP contribution in [-0.2, 0) is 4.74 Å². The Morgan fingerprint density at radius 2 is 2.22 bits per heavy atom. The zero-order valence-corrected chi connectivity index (χ0v) is 12.6. The number of aryl methyl sites for hydroxylation is 1. The Kier molecular flexibility index (Phi) is 5.01. The summed E-state index contributed by atoms with van der Waals surface area (Å²) in [6.07, 6.45) is -0.486. The number of hydrogen-bond donors (Lipinski definition) is 2. The molecule has 1 aromatic heterocycles. The van der Waals surface area contributed by atoms with E-state index in [9.17, 15) is 4.79 Å². The van der Waals surface area contributed by atoms with Crippen LogP contribution in [0.5, 0.6) is 0 Å². The predicted octanol–water partition coefficient (Wildman–Crippen LogP) is 3.23. The first-order valence-electron chi connectivity index (χ1n) is 5.67. The lowest BCUT2D eigenvalue weighted by molar-refractivity contribution is 0.0506. The van der Waals surface area contributed by atoms with Gasteiger partial charge >= 0.3 is 6.09 Å². The first-order chi connectivity index (χ1) is 8.24. The van der Waals surface area contributed by atoms with Gasteiger partial charge in [0.25, 0.3) is 0 Å². The van der Waals surface area contributed by atoms with Crippen LogP contribution in [0.1, 0.15) is 37.3 Å². The molecule has 0 saturated heterocycles. The molecule has 0 aliphatic rings. The first kappa shape index (κ1) is 15.3. The van der Waals surface area contributed by atoms with Gasteiger partial charge in [0.05, 0.1) is 11.1 Å². The fraction of sp³-hybridized carbons (Fsp3) is 0.583. The highest BCUT2D eigenvalue weighted by molar-refractivity contribution is 7.10. The average Bonchev–Trinajstić information content (AvgIpc) is 2.54. The van der Waals surface area contributed by atoms with Gasteiger partial charge in [-0.1, -0.05) is 11.6 Å². The number of thiophene rings is 1. The lowest BCUT2D eigenvalue weighted by Crippen LogP contribution is -2.37. The van der Waals surface area contributed by atoms with Crippen molar-refractivity contribution >= 4 is 29.0 Å². The molecular weight excluding hydrogens is 272 g/mol. The molecule has 0 fully saturated rings. The Morgan fingerprint density at radius 1 is 1.61 bits per heavy atom. The lowest BCUT2D eigenvalue weighted by atomic mass is 10.2. The van der Waals surface area contributed by atoms with Crippen LogP contribution in [0.4, 0.5) is 4.79 Å². The molecule has 0 aliphatic heterocycles. The monoisotopic (exact) mass is 290 g/mol. The van der Waals surface area contributed by atoms with Crippen LogP contribution in [0.3, 0.4) is 0 Å². The molecule has 102 valence electrons. The minimum atomic E-state index is -0.529. The van der Waals surface area contributed by atoms with Gasteiger partial charge in [-0.2, -0.15) is 0 Å². The van der Waals surface area contributed by atoms with Crippen molar-refractivity contribution in [3.05, 3.63) is 20.8 Å². The Labute approximate surface area is 116 Å². The van der Waals surface area contributed by atoms with E-state index in [0.29, 0.717) is 5.02 Å². The Bertz CT molecular complexity index is 426. The number of nitrogens with two attached hydrogens (primary N) is 1. The molecular formula is C12H19ClN2O2S. The van der Waals surface area contributed by atoms with Crippen molar-refractivity contribution in [2.75, 3.05) is 6.54 Å². The Hall–Kier alpha value is -0.780. The highest BCUT2D eigenvalue weighted by atomic mass is 35.5. The summed E-state index contributed by atoms with van der Waals surface area (Å²) in [5, 5.41) is 5.33. The Morgan fingerprint density at radius 3 is 2.61 bits per heavy atom. The zero-order chi connectivity index (χ0) is 13.9. The van der Waals surface area contributed by atoms with Crippen LogP contribution in [0.2, 0.25) is 5.02 Å². The minimum Gasteiger partial charge on any atom is -0.444 e. The molecule has 0 aliphatic carbocycles. The number of alkyl carbamates (subject to hydrolysis) is 1. The number of carbonyl (C=O) groups excluding carboxylic acids is 1. The molecule has 1 heterocycles. The van der Waals surface area contributed by atoms with Gasteiger partial charge in [-0.15, -0.1) is 11.3 Å². The van der Waals surface area contributed by atoms with E-state index in [1.54, 1.807) is 0 Å². The molecule has 4 nitrogen and oxygen atoms in total. The third kappa shape index (κ3) is 4.15. The molecule has 0 spiro atoms. The Balaban J connectivity index is 2.74. The molecule has 0 aromatic carbocycles. The standard InChI is InChI=1S/C12H19ClN2O2S/c1-7-6-18-10(9(7)13)8(5-14)15-11(16)17-12(2,3)4/h6,8H,5,14H2,1-4H3,(H,15,16). The maximum absolute atomic E-state index is 11.7. The highest BCUT2D eigenvalue weighted by Crippen LogP contribution is 2.32. The normalized spacial score (nSPS) is 13.2. The van der Waals surface area contributed by atoms with Gasteiger partial charge in [-0.05, 0) is 38.6 Å². The summed E-state index contributed by atoms with van der Waals surface area (Å²) in [5.74, 6) is 0. The van der Waals surface area contributed by atoms with E-state index in [2.05, 4.69) is 5.32 Å². The van der Waals surface area contributed by atoms with E-state index in [4.69, 9.17) is 22.1 Å². The van der Waals surface area contributed by atoms with Crippen molar-refractivity contribution < 1.29 is 9.53 Å². The molecule has 1 rings (SSSR count). The van der Waals surface area contributed by atoms with Gasteiger partial charge in [0, 0.05) is 11.4 Å². The molecule has 3 N–H and O–H groups in total. The summed E-state index contributed by atoms with van der Waals surface area (Å²) in [4.78, 5) is 12.6. The number of rotatable bonds is 3. The maximum Gasteiger partial charge on any atom is 0.408 e. The molecule has 1 amide bonds. The summed E-state index contributed by atoms with van der Waals surface area (Å²) >= 11 is 7.65. The molecule has 6 heteroatoms. The second kappa shape index (κ2) is 5.91. The van der Waals surface area contributed by atoms with Crippen LogP contribution < -0.4 is 11.1 Å². The molecule has 0 bridgehead atoms. The number of hydrogen-bond acceptors (Lipinski definition) is 4. The average molecular weight is 291 g/mol. The van der Waals surface area contributed by atoms with E-state index < -0.39 is 11.7 Å². The van der Waals surface area contributed by atoms with E-state index in [1.807, 2.05) is 33.1 Å². The minimum absolute atomic E-state index is 0.277. The van der Waals surface area contributed by atoms with Gasteiger partial charge in [-0.3, -0.25) is 0 Å². The van der Waals surface area contributed by atoms with Gasteiger partial charge in [-0.25, -0.2) is 4.79 Å². The van der Waals surface area contributed by atoms with E-state index in [-0.39, 0.29) is 12.6 Å². The zero-order valence-electron chi connectivity index (χ0n) is 11.0. The van der Waals surface area contributed by atoms with E-state index in [1.165, 1.54) is 11.3 Å². The van der Waals surface area contributed by atoms with E-state index >= 15 is 0 Å². The number of halogens is 1. The van der Waals surface area contributed by atoms with Crippen molar-refractivity contribution in [1.29, 1.82) is 0 Å². The van der Waals surface area contributed by atoms with E-state index in [0.717, 1.165) is 10.4 Å². The number of amides is 1. The quantitative estimate of drug-likeness (QED) is 0.898. The summed E-state index contributed by atoms with van der Waals surface area (Å²) < 4.78 is 5.19. The molecule has 1 atom stereocenters. The molecule has 18 heavy (non-hydrogen) atoms. The second-order valence-corrected chi connectivity index (χ2v) is 6.32. The largest absolute Gasteiger partial charge is 0.444 e. The maximum atomic E-state index is 11.7. The molecule has 0 radical (unpaired) electrons. The molecule has 1 unspecified atom stereocenters. The van der Waals surface area contributed by atoms with Gasteiger partial charge in [0.15, 0.2) is 0 Å². The molecule has 0 saturated carbocycles. The van der Waals surface area contributed by atoms with Crippen LogP contribution in [0, 0.1) is 6.92 Å². The topological polar surface area (TPSA) is 64.3 Å². The van der Waals surface area contributed by atoms with Gasteiger partial charge < -0.3 is 15.8 Å². The smallest absolute Gasteiger partial charge is 0.408 e. The van der Waals surface area contributed by atoms with Crippen molar-refractivity contribution in [3.8, 4) is 0 Å². The van der Waals surface area contributed by atoms with Crippen molar-refractivity contribution in [1.82, 2.24) is 5.32 Å². The lowest BCUT2D eigenvalue weighted by Gasteiger charge is -2.22. The van der Waals surface area contributed by atoms with Crippen LogP contribution in [0.15, 0.2) is 5.38 Å². The third-order valence-corrected chi connectivity index (χ3v) is 4.00. The second-order valence-electron chi connectivity index (χ2n) is 5.03. The SMILES string of the molecule is Cc1csc(C(CN)NC(=O)OC(C)(C)C)c1Cl. The molecule has 1 aromatic rings. The van der Waals surface area contributed by atoms with Crippen LogP contribution >= 0.6 is 22.9 Å². The summed E-state index contributed by atoms with van der Waals surface area (Å²) in [6.45, 7) is 7.63. The first-order valence-corrected chi connectivity index (χ1v) is 6.93. The van der Waals surface area contributed by atoms with Crippen molar-refractivity contribution in [2.45, 2.75) is 39.3 Å². The van der Waals surface area contributed by atoms with Crippen LogP contribution in [-0.4, -0.2) is 18.2 Å². The third-order valence-electron chi connectivity index (χ3n) is 2.17. The highest BCUT2D eigenvalue weighted by Gasteiger charge is 2.22. The fourth-order valence-electron chi connectivity index (χ4n) is 1.37. The number of ether oxygens (including phenoxy) is 1. The summed E-state index contributed by atoms with van der Waals surface area (Å²) in [6, 6.07) is -0.314. The van der Waals surface area contributed by atoms with Crippen LogP contribution in [0.25, 0.3) is 0 Å². The predicted molar refractivity (Wildman–Crippen MR) is 75.2 cm³/mol. The van der Waals surface area contributed by atoms with Gasteiger partial charge in [0.2, 0.25) is 0 Å². The number of nitrogens with one attached hydrogen (secondary N) is 1. The fourth-order valence-corrected chi connectivity index (χ4v) is 2.76. The summed E-state index contributed by atoms with van der Waals surface area (Å²) in [7, 11) is 0.